The number of aromatic nitrogens is 6. The summed E-state index contributed by atoms with van der Waals surface area (Å²) in [4.78, 5) is 117. The van der Waals surface area contributed by atoms with Crippen LogP contribution in [0.1, 0.15) is 92.9 Å². The normalized spacial score (nSPS) is 13.2. The molecule has 0 aliphatic carbocycles. The van der Waals surface area contributed by atoms with Gasteiger partial charge in [0.25, 0.3) is 0 Å². The van der Waals surface area contributed by atoms with E-state index in [2.05, 4.69) is 18.9 Å². The van der Waals surface area contributed by atoms with E-state index in [1.54, 1.807) is 63.1 Å². The van der Waals surface area contributed by atoms with Crippen molar-refractivity contribution in [2.75, 3.05) is 51.5 Å². The van der Waals surface area contributed by atoms with Crippen LogP contribution in [-0.4, -0.2) is 170 Å². The first-order chi connectivity index (χ1) is 34.9. The van der Waals surface area contributed by atoms with E-state index in [1.807, 2.05) is 0 Å². The molecule has 0 saturated heterocycles. The average Bonchev–Trinajstić information content (AvgIpc) is 3.40. The van der Waals surface area contributed by atoms with Crippen molar-refractivity contribution >= 4 is 67.1 Å². The maximum atomic E-state index is 12.4. The maximum absolute atomic E-state index is 12.4. The zero-order valence-electron chi connectivity index (χ0n) is 43.9. The van der Waals surface area contributed by atoms with Gasteiger partial charge in [0.15, 0.2) is 0 Å². The lowest BCUT2D eigenvalue weighted by Gasteiger charge is -2.18. The molecule has 74 heavy (non-hydrogen) atoms. The number of methoxy groups -OCH3 is 4. The highest BCUT2D eigenvalue weighted by molar-refractivity contribution is 8.77. The molecule has 0 radical (unpaired) electrons. The summed E-state index contributed by atoms with van der Waals surface area (Å²) < 4.78 is 22.4. The first kappa shape index (κ1) is 71.9. The number of hydrogen-bond donors (Lipinski definition) is 6. The number of esters is 4. The number of aliphatic hydroxyl groups excluding tert-OH is 6. The van der Waals surface area contributed by atoms with Crippen molar-refractivity contribution < 1.29 is 68.8 Å². The number of aliphatic hydroxyl groups is 6. The van der Waals surface area contributed by atoms with Crippen LogP contribution in [0.3, 0.4) is 0 Å². The Kier molecular flexibility index (Phi) is 39.9. The lowest BCUT2D eigenvalue weighted by molar-refractivity contribution is -0.141. The van der Waals surface area contributed by atoms with E-state index in [0.29, 0.717) is 62.9 Å². The highest BCUT2D eigenvalue weighted by Gasteiger charge is 2.22. The standard InChI is InChI=1S/2C15H27N3O6.C8H14O4S2.C6H10O4S2/c2*1-4-10(19)7-16-13(22)17(8-11(20)5-2)15(24)18(14(16)23)9-12(21)6-3;1-11-7(9)3-5-13-14-6-4-8(10)12-2;1-9-5(7)3-11-12-4-6(8)10-2/h2*10-12,19-21H,4-9H2,1-3H3;3-6H2,1-2H3;3-4H2,1-2H3. The van der Waals surface area contributed by atoms with Crippen LogP contribution in [0, 0.1) is 0 Å². The van der Waals surface area contributed by atoms with Crippen molar-refractivity contribution in [2.24, 2.45) is 0 Å². The summed E-state index contributed by atoms with van der Waals surface area (Å²) in [5, 5.41) is 58.6. The maximum Gasteiger partial charge on any atom is 0.336 e. The van der Waals surface area contributed by atoms with E-state index in [-0.39, 0.29) is 74.7 Å². The molecule has 0 bridgehead atoms. The minimum Gasteiger partial charge on any atom is -0.469 e. The molecular formula is C44H78N6O20S4. The van der Waals surface area contributed by atoms with E-state index in [1.165, 1.54) is 50.0 Å². The number of ether oxygens (including phenoxy) is 4. The van der Waals surface area contributed by atoms with Crippen LogP contribution >= 0.6 is 43.2 Å². The number of carbonyl (C=O) groups excluding carboxylic acids is 4. The van der Waals surface area contributed by atoms with Gasteiger partial charge in [0.1, 0.15) is 11.5 Å². The molecule has 2 aromatic rings. The number of carbonyl (C=O) groups is 4. The summed E-state index contributed by atoms with van der Waals surface area (Å²) in [7, 11) is 11.1. The Bertz CT molecular complexity index is 1920. The van der Waals surface area contributed by atoms with Gasteiger partial charge < -0.3 is 49.6 Å². The molecule has 0 amide bonds. The van der Waals surface area contributed by atoms with Crippen molar-refractivity contribution in [3.8, 4) is 0 Å². The summed E-state index contributed by atoms with van der Waals surface area (Å²) in [6.07, 6.45) is -2.67. The molecule has 6 atom stereocenters. The van der Waals surface area contributed by atoms with Crippen LogP contribution < -0.4 is 34.1 Å². The molecule has 428 valence electrons. The smallest absolute Gasteiger partial charge is 0.336 e. The zero-order chi connectivity index (χ0) is 57.1. The summed E-state index contributed by atoms with van der Waals surface area (Å²) in [6, 6.07) is 0. The van der Waals surface area contributed by atoms with Crippen molar-refractivity contribution in [1.29, 1.82) is 0 Å². The third-order valence-electron chi connectivity index (χ3n) is 10.2. The Hall–Kier alpha value is -4.14. The monoisotopic (exact) mass is 1140 g/mol. The molecule has 0 aliphatic heterocycles. The van der Waals surface area contributed by atoms with E-state index in [4.69, 9.17) is 0 Å². The van der Waals surface area contributed by atoms with Crippen LogP contribution in [0.15, 0.2) is 28.8 Å². The van der Waals surface area contributed by atoms with Crippen LogP contribution in [0.4, 0.5) is 0 Å². The molecule has 30 heteroatoms. The average molecular weight is 1140 g/mol. The number of nitrogens with zero attached hydrogens (tertiary/aromatic N) is 6. The molecule has 0 fully saturated rings. The second kappa shape index (κ2) is 41.1. The van der Waals surface area contributed by atoms with Gasteiger partial charge in [-0.05, 0) is 38.5 Å². The van der Waals surface area contributed by atoms with E-state index >= 15 is 0 Å². The molecule has 6 unspecified atom stereocenters. The lowest BCUT2D eigenvalue weighted by atomic mass is 10.2. The molecule has 0 aromatic carbocycles. The first-order valence-corrected chi connectivity index (χ1v) is 28.6. The van der Waals surface area contributed by atoms with Gasteiger partial charge in [-0.1, -0.05) is 84.7 Å². The summed E-state index contributed by atoms with van der Waals surface area (Å²) in [5.74, 6) is 0.916. The van der Waals surface area contributed by atoms with Crippen molar-refractivity contribution in [3.63, 3.8) is 0 Å². The molecular weight excluding hydrogens is 1060 g/mol. The number of hydrogen-bond acceptors (Lipinski definition) is 24. The highest BCUT2D eigenvalue weighted by Crippen LogP contribution is 2.23. The fraction of sp³-hybridized carbons (Fsp3) is 0.773. The predicted octanol–water partition coefficient (Wildman–Crippen LogP) is -0.823. The SMILES string of the molecule is CCC(O)Cn1c(=O)n(CC(O)CC)c(=O)n(CC(O)CC)c1=O.CCC(O)Cn1c(=O)n(CC(O)CC)c(=O)n(CC(O)CC)c1=O.COC(=O)CCSSCCC(=O)OC.COC(=O)CSSCC(=O)OC. The molecule has 0 aliphatic rings. The Labute approximate surface area is 444 Å². The van der Waals surface area contributed by atoms with Crippen LogP contribution in [0.25, 0.3) is 0 Å². The molecule has 2 heterocycles. The van der Waals surface area contributed by atoms with Gasteiger partial charge in [0, 0.05) is 11.5 Å². The summed E-state index contributed by atoms with van der Waals surface area (Å²) in [6.45, 7) is 8.70. The highest BCUT2D eigenvalue weighted by atomic mass is 33.1. The molecule has 26 nitrogen and oxygen atoms in total. The minimum absolute atomic E-state index is 0.203. The fourth-order valence-corrected chi connectivity index (χ4v) is 8.83. The van der Waals surface area contributed by atoms with E-state index in [0.717, 1.165) is 27.4 Å². The van der Waals surface area contributed by atoms with Crippen LogP contribution in [-0.2, 0) is 77.4 Å². The summed E-state index contributed by atoms with van der Waals surface area (Å²) >= 11 is 0. The molecule has 6 N–H and O–H groups in total. The molecule has 0 saturated carbocycles. The summed E-state index contributed by atoms with van der Waals surface area (Å²) in [5.41, 5.74) is -5.21. The van der Waals surface area contributed by atoms with Crippen LogP contribution in [0.5, 0.6) is 0 Å². The Morgan fingerprint density at radius 3 is 0.676 bits per heavy atom. The quantitative estimate of drug-likeness (QED) is 0.0241. The van der Waals surface area contributed by atoms with Gasteiger partial charge in [-0.2, -0.15) is 0 Å². The topological polar surface area (TPSA) is 359 Å². The number of rotatable bonds is 30. The second-order valence-corrected chi connectivity index (χ2v) is 20.9. The van der Waals surface area contributed by atoms with Crippen molar-refractivity contribution in [3.05, 3.63) is 62.9 Å². The molecule has 0 spiro atoms. The fourth-order valence-electron chi connectivity index (χ4n) is 5.21. The Morgan fingerprint density at radius 2 is 0.527 bits per heavy atom. The predicted molar refractivity (Wildman–Crippen MR) is 283 cm³/mol. The largest absolute Gasteiger partial charge is 0.469 e. The second-order valence-electron chi connectivity index (χ2n) is 15.7. The Morgan fingerprint density at radius 1 is 0.351 bits per heavy atom. The van der Waals surface area contributed by atoms with Gasteiger partial charge in [0.05, 0.1) is 117 Å². The van der Waals surface area contributed by atoms with Crippen molar-refractivity contribution in [2.45, 2.75) is 169 Å². The van der Waals surface area contributed by atoms with E-state index < -0.39 is 70.8 Å². The van der Waals surface area contributed by atoms with Crippen molar-refractivity contribution in [1.82, 2.24) is 27.4 Å². The van der Waals surface area contributed by atoms with Gasteiger partial charge in [-0.3, -0.25) is 19.2 Å². The Balaban J connectivity index is 0. The van der Waals surface area contributed by atoms with Gasteiger partial charge in [-0.25, -0.2) is 56.2 Å². The van der Waals surface area contributed by atoms with Gasteiger partial charge >= 0.3 is 58.0 Å². The van der Waals surface area contributed by atoms with Crippen LogP contribution in [0.2, 0.25) is 0 Å². The zero-order valence-corrected chi connectivity index (χ0v) is 47.2. The van der Waals surface area contributed by atoms with Gasteiger partial charge in [0.2, 0.25) is 0 Å². The lowest BCUT2D eigenvalue weighted by Crippen LogP contribution is -2.57. The molecule has 2 aromatic heterocycles. The van der Waals surface area contributed by atoms with Gasteiger partial charge in [-0.15, -0.1) is 0 Å². The third kappa shape index (κ3) is 28.1. The molecule has 2 rings (SSSR count). The minimum atomic E-state index is -0.915. The first-order valence-electron chi connectivity index (χ1n) is 23.7. The van der Waals surface area contributed by atoms with E-state index in [9.17, 15) is 78.6 Å². The third-order valence-corrected chi connectivity index (χ3v) is 14.7.